The summed E-state index contributed by atoms with van der Waals surface area (Å²) in [7, 11) is 0. The van der Waals surface area contributed by atoms with Crippen LogP contribution in [0.25, 0.3) is 0 Å². The second-order valence-corrected chi connectivity index (χ2v) is 7.14. The van der Waals surface area contributed by atoms with Crippen LogP contribution in [0.3, 0.4) is 0 Å². The van der Waals surface area contributed by atoms with Crippen LogP contribution in [0, 0.1) is 0 Å². The number of hydrogen-bond acceptors (Lipinski definition) is 6. The van der Waals surface area contributed by atoms with Gasteiger partial charge in [0.15, 0.2) is 17.3 Å². The molecule has 26 heavy (non-hydrogen) atoms. The molecule has 0 saturated heterocycles. The fraction of sp³-hybridized carbons (Fsp3) is 0.235. The summed E-state index contributed by atoms with van der Waals surface area (Å²) >= 11 is 6.94. The third-order valence-electron chi connectivity index (χ3n) is 3.55. The molecular weight excluding hydrogens is 380 g/mol. The molecule has 2 amide bonds. The molecule has 9 heteroatoms. The molecule has 1 aromatic carbocycles. The summed E-state index contributed by atoms with van der Waals surface area (Å²) in [4.78, 5) is 36.3. The average Bonchev–Trinajstić information content (AvgIpc) is 3.10. The minimum absolute atomic E-state index is 0.0228. The standard InChI is InChI=1S/C17H15ClN2O5S/c18-15-7-6-14(26-15)10(21)5-8-16(22)19-20-17(23)13-9-24-11-3-1-2-4-12(11)25-13/h1-4,6-7,13H,5,8-9H2,(H,19,22)(H,20,23)/t13-/m0/s1. The van der Waals surface area contributed by atoms with Crippen LogP contribution in [0.15, 0.2) is 36.4 Å². The molecule has 2 N–H and O–H groups in total. The van der Waals surface area contributed by atoms with Crippen molar-refractivity contribution in [3.63, 3.8) is 0 Å². The molecule has 1 aliphatic rings. The summed E-state index contributed by atoms with van der Waals surface area (Å²) < 4.78 is 11.5. The molecule has 0 saturated carbocycles. The Morgan fingerprint density at radius 3 is 2.58 bits per heavy atom. The van der Waals surface area contributed by atoms with E-state index < -0.39 is 17.9 Å². The molecule has 1 atom stereocenters. The Kier molecular flexibility index (Phi) is 5.75. The number of hydrogen-bond donors (Lipinski definition) is 2. The van der Waals surface area contributed by atoms with Crippen molar-refractivity contribution in [3.05, 3.63) is 45.6 Å². The van der Waals surface area contributed by atoms with Crippen molar-refractivity contribution in [3.8, 4) is 11.5 Å². The lowest BCUT2D eigenvalue weighted by atomic mass is 10.2. The molecule has 7 nitrogen and oxygen atoms in total. The SMILES string of the molecule is O=C(CCC(=O)c1ccc(Cl)s1)NNC(=O)[C@@H]1COc2ccccc2O1. The number of carbonyl (C=O) groups excluding carboxylic acids is 3. The molecule has 0 unspecified atom stereocenters. The Morgan fingerprint density at radius 1 is 1.08 bits per heavy atom. The fourth-order valence-corrected chi connectivity index (χ4v) is 3.25. The summed E-state index contributed by atoms with van der Waals surface area (Å²) in [5.41, 5.74) is 4.54. The van der Waals surface area contributed by atoms with Gasteiger partial charge in [-0.3, -0.25) is 25.2 Å². The van der Waals surface area contributed by atoms with Gasteiger partial charge in [-0.2, -0.15) is 0 Å². The van der Waals surface area contributed by atoms with Crippen molar-refractivity contribution in [2.75, 3.05) is 6.61 Å². The highest BCUT2D eigenvalue weighted by atomic mass is 35.5. The quantitative estimate of drug-likeness (QED) is 0.599. The average molecular weight is 395 g/mol. The van der Waals surface area contributed by atoms with Gasteiger partial charge in [0, 0.05) is 12.8 Å². The van der Waals surface area contributed by atoms with Gasteiger partial charge in [0.1, 0.15) is 6.61 Å². The smallest absolute Gasteiger partial charge is 0.283 e. The van der Waals surface area contributed by atoms with Crippen molar-refractivity contribution >= 4 is 40.5 Å². The van der Waals surface area contributed by atoms with E-state index in [1.165, 1.54) is 0 Å². The van der Waals surface area contributed by atoms with Crippen molar-refractivity contribution < 1.29 is 23.9 Å². The number of ether oxygens (including phenoxy) is 2. The Balaban J connectivity index is 1.42. The van der Waals surface area contributed by atoms with Crippen LogP contribution in [0.4, 0.5) is 0 Å². The summed E-state index contributed by atoms with van der Waals surface area (Å²) in [6.07, 6.45) is -0.908. The van der Waals surface area contributed by atoms with Crippen LogP contribution in [0.5, 0.6) is 11.5 Å². The van der Waals surface area contributed by atoms with Gasteiger partial charge in [0.2, 0.25) is 12.0 Å². The maximum absolute atomic E-state index is 12.1. The van der Waals surface area contributed by atoms with Crippen LogP contribution >= 0.6 is 22.9 Å². The molecule has 0 radical (unpaired) electrons. The number of rotatable bonds is 5. The Bertz CT molecular complexity index is 838. The molecule has 0 bridgehead atoms. The van der Waals surface area contributed by atoms with E-state index in [0.29, 0.717) is 20.7 Å². The van der Waals surface area contributed by atoms with Crippen molar-refractivity contribution in [2.45, 2.75) is 18.9 Å². The highest BCUT2D eigenvalue weighted by molar-refractivity contribution is 7.18. The number of nitrogens with one attached hydrogen (secondary N) is 2. The van der Waals surface area contributed by atoms with Gasteiger partial charge >= 0.3 is 0 Å². The van der Waals surface area contributed by atoms with E-state index >= 15 is 0 Å². The van der Waals surface area contributed by atoms with E-state index in [4.69, 9.17) is 21.1 Å². The van der Waals surface area contributed by atoms with E-state index in [1.807, 2.05) is 0 Å². The van der Waals surface area contributed by atoms with Crippen molar-refractivity contribution in [2.24, 2.45) is 0 Å². The minimum atomic E-state index is -0.875. The van der Waals surface area contributed by atoms with Gasteiger partial charge in [-0.1, -0.05) is 23.7 Å². The molecule has 2 aromatic rings. The van der Waals surface area contributed by atoms with E-state index in [2.05, 4.69) is 10.9 Å². The first-order valence-electron chi connectivity index (χ1n) is 7.78. The van der Waals surface area contributed by atoms with E-state index in [9.17, 15) is 14.4 Å². The Labute approximate surface area is 158 Å². The summed E-state index contributed by atoms with van der Waals surface area (Å²) in [5.74, 6) is -0.169. The zero-order valence-electron chi connectivity index (χ0n) is 13.5. The lowest BCUT2D eigenvalue weighted by molar-refractivity contribution is -0.135. The molecule has 2 heterocycles. The number of Topliss-reactive ketones (excluding diaryl/α,β-unsaturated/α-hetero) is 1. The van der Waals surface area contributed by atoms with Gasteiger partial charge in [-0.25, -0.2) is 0 Å². The monoisotopic (exact) mass is 394 g/mol. The topological polar surface area (TPSA) is 93.7 Å². The number of amides is 2. The lowest BCUT2D eigenvalue weighted by Gasteiger charge is -2.25. The number of halogens is 1. The van der Waals surface area contributed by atoms with Gasteiger partial charge < -0.3 is 9.47 Å². The highest BCUT2D eigenvalue weighted by Gasteiger charge is 2.27. The number of carbonyl (C=O) groups is 3. The normalized spacial score (nSPS) is 15.2. The third kappa shape index (κ3) is 4.53. The number of fused-ring (bicyclic) bond motifs is 1. The zero-order valence-corrected chi connectivity index (χ0v) is 15.1. The van der Waals surface area contributed by atoms with Crippen LogP contribution in [0.2, 0.25) is 4.34 Å². The van der Waals surface area contributed by atoms with Crippen LogP contribution < -0.4 is 20.3 Å². The number of para-hydroxylation sites is 2. The maximum atomic E-state index is 12.1. The minimum Gasteiger partial charge on any atom is -0.485 e. The first kappa shape index (κ1) is 18.2. The Morgan fingerprint density at radius 2 is 1.85 bits per heavy atom. The van der Waals surface area contributed by atoms with Crippen LogP contribution in [0.1, 0.15) is 22.5 Å². The van der Waals surface area contributed by atoms with Crippen molar-refractivity contribution in [1.82, 2.24) is 10.9 Å². The molecular formula is C17H15ClN2O5S. The fourth-order valence-electron chi connectivity index (χ4n) is 2.24. The van der Waals surface area contributed by atoms with Crippen LogP contribution in [-0.4, -0.2) is 30.3 Å². The van der Waals surface area contributed by atoms with Crippen LogP contribution in [-0.2, 0) is 9.59 Å². The van der Waals surface area contributed by atoms with Gasteiger partial charge in [0.05, 0.1) is 9.21 Å². The number of ketones is 1. The molecule has 0 fully saturated rings. The third-order valence-corrected chi connectivity index (χ3v) is 4.83. The molecule has 0 spiro atoms. The second-order valence-electron chi connectivity index (χ2n) is 5.43. The predicted octanol–water partition coefficient (Wildman–Crippen LogP) is 2.35. The molecule has 0 aliphatic carbocycles. The van der Waals surface area contributed by atoms with E-state index in [-0.39, 0.29) is 25.2 Å². The first-order valence-corrected chi connectivity index (χ1v) is 8.98. The number of hydrazine groups is 1. The van der Waals surface area contributed by atoms with E-state index in [0.717, 1.165) is 11.3 Å². The molecule has 136 valence electrons. The first-order chi connectivity index (χ1) is 12.5. The molecule has 1 aliphatic heterocycles. The summed E-state index contributed by atoms with van der Waals surface area (Å²) in [6.45, 7) is 0.0380. The van der Waals surface area contributed by atoms with E-state index in [1.54, 1.807) is 36.4 Å². The lowest BCUT2D eigenvalue weighted by Crippen LogP contribution is -2.50. The van der Waals surface area contributed by atoms with Gasteiger partial charge in [-0.05, 0) is 24.3 Å². The molecule has 3 rings (SSSR count). The largest absolute Gasteiger partial charge is 0.485 e. The Hall–Kier alpha value is -2.58. The summed E-state index contributed by atoms with van der Waals surface area (Å²) in [6, 6.07) is 10.2. The maximum Gasteiger partial charge on any atom is 0.283 e. The second kappa shape index (κ2) is 8.20. The summed E-state index contributed by atoms with van der Waals surface area (Å²) in [5, 5.41) is 0. The van der Waals surface area contributed by atoms with Crippen molar-refractivity contribution in [1.29, 1.82) is 0 Å². The van der Waals surface area contributed by atoms with Gasteiger partial charge in [-0.15, -0.1) is 11.3 Å². The highest BCUT2D eigenvalue weighted by Crippen LogP contribution is 2.30. The number of thiophene rings is 1. The molecule has 1 aromatic heterocycles. The predicted molar refractivity (Wildman–Crippen MR) is 95.5 cm³/mol. The van der Waals surface area contributed by atoms with Gasteiger partial charge in [0.25, 0.3) is 5.91 Å². The number of benzene rings is 1. The zero-order chi connectivity index (χ0) is 18.5.